The molecule has 3 rings (SSSR count). The van der Waals surface area contributed by atoms with Crippen LogP contribution in [0, 0.1) is 6.92 Å². The number of nitrogens with zero attached hydrogens (tertiary/aromatic N) is 2. The van der Waals surface area contributed by atoms with Gasteiger partial charge in [0.15, 0.2) is 0 Å². The Kier molecular flexibility index (Phi) is 3.36. The Morgan fingerprint density at radius 1 is 1.45 bits per heavy atom. The second kappa shape index (κ2) is 5.17. The standard InChI is InChI=1S/C15H19N3O2/c1-11-12(5-6-16-11)15(19)18-8-9-20-10-14(18)13-4-3-7-17(13)2/h3-7,14,16H,8-10H2,1-2H3/t14-/m0/s1. The van der Waals surface area contributed by atoms with Gasteiger partial charge in [-0.2, -0.15) is 0 Å². The van der Waals surface area contributed by atoms with Crippen LogP contribution >= 0.6 is 0 Å². The summed E-state index contributed by atoms with van der Waals surface area (Å²) in [5, 5.41) is 0. The molecular weight excluding hydrogens is 254 g/mol. The zero-order valence-electron chi connectivity index (χ0n) is 11.8. The third-order valence-electron chi connectivity index (χ3n) is 3.90. The molecular formula is C15H19N3O2. The normalized spacial score (nSPS) is 19.3. The van der Waals surface area contributed by atoms with E-state index < -0.39 is 0 Å². The Labute approximate surface area is 118 Å². The average Bonchev–Trinajstić information content (AvgIpc) is 3.06. The number of carbonyl (C=O) groups excluding carboxylic acids is 1. The summed E-state index contributed by atoms with van der Waals surface area (Å²) in [4.78, 5) is 17.7. The molecule has 3 heterocycles. The largest absolute Gasteiger partial charge is 0.377 e. The predicted molar refractivity (Wildman–Crippen MR) is 75.5 cm³/mol. The minimum Gasteiger partial charge on any atom is -0.377 e. The van der Waals surface area contributed by atoms with Gasteiger partial charge in [0.25, 0.3) is 5.91 Å². The zero-order valence-corrected chi connectivity index (χ0v) is 11.8. The van der Waals surface area contributed by atoms with Crippen LogP contribution in [-0.4, -0.2) is 40.1 Å². The number of aromatic nitrogens is 2. The number of nitrogens with one attached hydrogen (secondary N) is 1. The first-order valence-corrected chi connectivity index (χ1v) is 6.82. The fourth-order valence-electron chi connectivity index (χ4n) is 2.75. The van der Waals surface area contributed by atoms with Gasteiger partial charge in [0.1, 0.15) is 0 Å². The van der Waals surface area contributed by atoms with E-state index in [1.165, 1.54) is 0 Å². The van der Waals surface area contributed by atoms with Gasteiger partial charge < -0.3 is 19.2 Å². The highest BCUT2D eigenvalue weighted by molar-refractivity contribution is 5.95. The van der Waals surface area contributed by atoms with Crippen LogP contribution in [0.3, 0.4) is 0 Å². The number of H-pyrrole nitrogens is 1. The molecule has 2 aromatic heterocycles. The molecule has 0 saturated carbocycles. The van der Waals surface area contributed by atoms with Gasteiger partial charge in [-0.05, 0) is 25.1 Å². The molecule has 1 atom stereocenters. The summed E-state index contributed by atoms with van der Waals surface area (Å²) < 4.78 is 7.62. The van der Waals surface area contributed by atoms with Crippen molar-refractivity contribution in [3.63, 3.8) is 0 Å². The Bertz CT molecular complexity index is 614. The molecule has 20 heavy (non-hydrogen) atoms. The molecule has 5 nitrogen and oxygen atoms in total. The number of carbonyl (C=O) groups is 1. The number of aryl methyl sites for hydroxylation is 2. The molecule has 1 amide bonds. The van der Waals surface area contributed by atoms with E-state index >= 15 is 0 Å². The van der Waals surface area contributed by atoms with E-state index in [0.717, 1.165) is 17.0 Å². The quantitative estimate of drug-likeness (QED) is 0.908. The lowest BCUT2D eigenvalue weighted by Crippen LogP contribution is -2.44. The van der Waals surface area contributed by atoms with E-state index in [-0.39, 0.29) is 11.9 Å². The zero-order chi connectivity index (χ0) is 14.1. The molecule has 2 aromatic rings. The molecule has 0 unspecified atom stereocenters. The van der Waals surface area contributed by atoms with Crippen molar-refractivity contribution in [1.29, 1.82) is 0 Å². The number of hydrogen-bond donors (Lipinski definition) is 1. The van der Waals surface area contributed by atoms with Crippen LogP contribution in [0.15, 0.2) is 30.6 Å². The van der Waals surface area contributed by atoms with Crippen LogP contribution in [0.2, 0.25) is 0 Å². The molecule has 1 N–H and O–H groups in total. The van der Waals surface area contributed by atoms with Crippen LogP contribution in [0.4, 0.5) is 0 Å². The maximum absolute atomic E-state index is 12.7. The first-order valence-electron chi connectivity index (χ1n) is 6.82. The van der Waals surface area contributed by atoms with Gasteiger partial charge in [-0.15, -0.1) is 0 Å². The summed E-state index contributed by atoms with van der Waals surface area (Å²) in [5.74, 6) is 0.0678. The highest BCUT2D eigenvalue weighted by Gasteiger charge is 2.31. The molecule has 0 radical (unpaired) electrons. The van der Waals surface area contributed by atoms with Crippen LogP contribution in [0.5, 0.6) is 0 Å². The molecule has 1 fully saturated rings. The van der Waals surface area contributed by atoms with Gasteiger partial charge in [-0.3, -0.25) is 4.79 Å². The molecule has 1 aliphatic heterocycles. The second-order valence-electron chi connectivity index (χ2n) is 5.15. The number of morpholine rings is 1. The lowest BCUT2D eigenvalue weighted by Gasteiger charge is -2.36. The van der Waals surface area contributed by atoms with Crippen LogP contribution < -0.4 is 0 Å². The number of aromatic amines is 1. The van der Waals surface area contributed by atoms with Crippen LogP contribution in [0.1, 0.15) is 27.8 Å². The highest BCUT2D eigenvalue weighted by Crippen LogP contribution is 2.26. The minimum atomic E-state index is -0.0226. The molecule has 0 aliphatic carbocycles. The number of amides is 1. The van der Waals surface area contributed by atoms with Gasteiger partial charge in [0.05, 0.1) is 24.8 Å². The van der Waals surface area contributed by atoms with Crippen LogP contribution in [-0.2, 0) is 11.8 Å². The van der Waals surface area contributed by atoms with Crippen molar-refractivity contribution in [2.75, 3.05) is 19.8 Å². The van der Waals surface area contributed by atoms with Crippen molar-refractivity contribution in [2.45, 2.75) is 13.0 Å². The van der Waals surface area contributed by atoms with Crippen molar-refractivity contribution in [1.82, 2.24) is 14.5 Å². The van der Waals surface area contributed by atoms with Crippen LogP contribution in [0.25, 0.3) is 0 Å². The maximum atomic E-state index is 12.7. The molecule has 106 valence electrons. The van der Waals surface area contributed by atoms with Crippen molar-refractivity contribution < 1.29 is 9.53 Å². The molecule has 5 heteroatoms. The lowest BCUT2D eigenvalue weighted by molar-refractivity contribution is -0.00466. The fourth-order valence-corrected chi connectivity index (χ4v) is 2.75. The summed E-state index contributed by atoms with van der Waals surface area (Å²) in [6, 6.07) is 5.86. The summed E-state index contributed by atoms with van der Waals surface area (Å²) in [6.45, 7) is 3.69. The van der Waals surface area contributed by atoms with E-state index in [9.17, 15) is 4.79 Å². The van der Waals surface area contributed by atoms with Gasteiger partial charge in [0, 0.05) is 37.4 Å². The van der Waals surface area contributed by atoms with E-state index in [2.05, 4.69) is 4.98 Å². The smallest absolute Gasteiger partial charge is 0.256 e. The Morgan fingerprint density at radius 2 is 2.30 bits per heavy atom. The molecule has 1 aliphatic rings. The van der Waals surface area contributed by atoms with Crippen molar-refractivity contribution in [3.05, 3.63) is 47.5 Å². The topological polar surface area (TPSA) is 50.3 Å². The van der Waals surface area contributed by atoms with Gasteiger partial charge in [0.2, 0.25) is 0 Å². The van der Waals surface area contributed by atoms with Gasteiger partial charge in [-0.1, -0.05) is 0 Å². The van der Waals surface area contributed by atoms with E-state index in [4.69, 9.17) is 4.74 Å². The van der Waals surface area contributed by atoms with Gasteiger partial charge in [-0.25, -0.2) is 0 Å². The van der Waals surface area contributed by atoms with Crippen molar-refractivity contribution >= 4 is 5.91 Å². The number of rotatable bonds is 2. The fraction of sp³-hybridized carbons (Fsp3) is 0.400. The molecule has 0 spiro atoms. The third-order valence-corrected chi connectivity index (χ3v) is 3.90. The van der Waals surface area contributed by atoms with E-state index in [0.29, 0.717) is 19.8 Å². The summed E-state index contributed by atoms with van der Waals surface area (Å²) in [5.41, 5.74) is 2.75. The Hall–Kier alpha value is -2.01. The lowest BCUT2D eigenvalue weighted by atomic mass is 10.1. The summed E-state index contributed by atoms with van der Waals surface area (Å²) >= 11 is 0. The second-order valence-corrected chi connectivity index (χ2v) is 5.15. The van der Waals surface area contributed by atoms with Crippen molar-refractivity contribution in [3.8, 4) is 0 Å². The Balaban J connectivity index is 1.92. The highest BCUT2D eigenvalue weighted by atomic mass is 16.5. The SMILES string of the molecule is Cc1[nH]ccc1C(=O)N1CCOC[C@H]1c1cccn1C. The first kappa shape index (κ1) is 13.0. The average molecular weight is 273 g/mol. The van der Waals surface area contributed by atoms with Gasteiger partial charge >= 0.3 is 0 Å². The maximum Gasteiger partial charge on any atom is 0.256 e. The van der Waals surface area contributed by atoms with E-state index in [1.54, 1.807) is 6.20 Å². The molecule has 1 saturated heterocycles. The number of hydrogen-bond acceptors (Lipinski definition) is 2. The molecule has 0 aromatic carbocycles. The third kappa shape index (κ3) is 2.14. The first-order chi connectivity index (χ1) is 9.68. The predicted octanol–water partition coefficient (Wildman–Crippen LogP) is 1.88. The Morgan fingerprint density at radius 3 is 2.95 bits per heavy atom. The number of ether oxygens (including phenoxy) is 1. The minimum absolute atomic E-state index is 0.0226. The monoisotopic (exact) mass is 273 g/mol. The van der Waals surface area contributed by atoms with E-state index in [1.807, 2.05) is 47.8 Å². The summed E-state index contributed by atoms with van der Waals surface area (Å²) in [6.07, 6.45) is 3.80. The summed E-state index contributed by atoms with van der Waals surface area (Å²) in [7, 11) is 1.99. The molecule has 0 bridgehead atoms. The van der Waals surface area contributed by atoms with Crippen molar-refractivity contribution in [2.24, 2.45) is 7.05 Å².